The molecule has 2 saturated carbocycles. The van der Waals surface area contributed by atoms with Crippen LogP contribution in [-0.4, -0.2) is 12.6 Å². The molecule has 1 atom stereocenters. The van der Waals surface area contributed by atoms with Gasteiger partial charge in [-0.25, -0.2) is 0 Å². The van der Waals surface area contributed by atoms with Gasteiger partial charge in [-0.1, -0.05) is 56.5 Å². The van der Waals surface area contributed by atoms with Crippen LogP contribution >= 0.6 is 0 Å². The summed E-state index contributed by atoms with van der Waals surface area (Å²) in [5, 5.41) is 3.88. The van der Waals surface area contributed by atoms with Crippen LogP contribution in [0.25, 0.3) is 0 Å². The fourth-order valence-corrected chi connectivity index (χ4v) is 3.68. The molecule has 0 amide bonds. The lowest BCUT2D eigenvalue weighted by Crippen LogP contribution is -2.53. The first kappa shape index (κ1) is 13.2. The summed E-state index contributed by atoms with van der Waals surface area (Å²) in [5.41, 5.74) is 2.02. The zero-order valence-corrected chi connectivity index (χ0v) is 12.2. The Kier molecular flexibility index (Phi) is 3.93. The Morgan fingerprint density at radius 3 is 2.47 bits per heavy atom. The number of hydrogen-bond acceptors (Lipinski definition) is 1. The lowest BCUT2D eigenvalue weighted by atomic mass is 9.59. The lowest BCUT2D eigenvalue weighted by molar-refractivity contribution is 0.157. The molecule has 1 unspecified atom stereocenters. The van der Waals surface area contributed by atoms with Gasteiger partial charge in [0.1, 0.15) is 0 Å². The zero-order chi connectivity index (χ0) is 13.1. The van der Waals surface area contributed by atoms with E-state index in [9.17, 15) is 0 Å². The molecular weight excluding hydrogens is 230 g/mol. The summed E-state index contributed by atoms with van der Waals surface area (Å²) in [4.78, 5) is 0. The van der Waals surface area contributed by atoms with Crippen LogP contribution in [0.5, 0.6) is 0 Å². The van der Waals surface area contributed by atoms with Gasteiger partial charge in [0.05, 0.1) is 0 Å². The Morgan fingerprint density at radius 1 is 1.21 bits per heavy atom. The molecule has 3 rings (SSSR count). The van der Waals surface area contributed by atoms with Gasteiger partial charge in [0.15, 0.2) is 0 Å². The SMILES string of the molecule is CCCNC(CC1CC1)C1(c2ccccc2)CCC1. The van der Waals surface area contributed by atoms with Gasteiger partial charge in [0.2, 0.25) is 0 Å². The van der Waals surface area contributed by atoms with E-state index in [1.165, 1.54) is 51.5 Å². The van der Waals surface area contributed by atoms with Crippen LogP contribution < -0.4 is 5.32 Å². The van der Waals surface area contributed by atoms with Crippen LogP contribution in [0, 0.1) is 5.92 Å². The van der Waals surface area contributed by atoms with E-state index in [1.54, 1.807) is 5.56 Å². The highest BCUT2D eigenvalue weighted by molar-refractivity contribution is 5.30. The van der Waals surface area contributed by atoms with Crippen molar-refractivity contribution in [2.75, 3.05) is 6.54 Å². The zero-order valence-electron chi connectivity index (χ0n) is 12.2. The Morgan fingerprint density at radius 2 is 1.95 bits per heavy atom. The molecule has 0 radical (unpaired) electrons. The standard InChI is InChI=1S/C18H27N/c1-2-13-19-17(14-15-9-10-15)18(11-6-12-18)16-7-4-3-5-8-16/h3-5,7-8,15,17,19H,2,6,9-14H2,1H3. The largest absolute Gasteiger partial charge is 0.313 e. The molecule has 1 aromatic rings. The fourth-order valence-electron chi connectivity index (χ4n) is 3.68. The minimum atomic E-state index is 0.443. The molecule has 1 nitrogen and oxygen atoms in total. The third kappa shape index (κ3) is 2.72. The maximum Gasteiger partial charge on any atom is 0.0167 e. The maximum absolute atomic E-state index is 3.88. The molecule has 2 fully saturated rings. The second-order valence-corrected chi connectivity index (χ2v) is 6.56. The molecule has 19 heavy (non-hydrogen) atoms. The van der Waals surface area contributed by atoms with Crippen molar-refractivity contribution in [3.8, 4) is 0 Å². The number of hydrogen-bond donors (Lipinski definition) is 1. The third-order valence-electron chi connectivity index (χ3n) is 5.17. The molecule has 2 aliphatic rings. The van der Waals surface area contributed by atoms with Gasteiger partial charge >= 0.3 is 0 Å². The normalized spacial score (nSPS) is 22.8. The highest BCUT2D eigenvalue weighted by atomic mass is 14.9. The Labute approximate surface area is 117 Å². The second kappa shape index (κ2) is 5.66. The average Bonchev–Trinajstić information content (AvgIpc) is 3.20. The van der Waals surface area contributed by atoms with Gasteiger partial charge < -0.3 is 5.32 Å². The van der Waals surface area contributed by atoms with E-state index < -0.39 is 0 Å². The molecule has 0 aromatic heterocycles. The van der Waals surface area contributed by atoms with Crippen molar-refractivity contribution in [3.05, 3.63) is 35.9 Å². The van der Waals surface area contributed by atoms with Crippen LogP contribution in [0.1, 0.15) is 57.4 Å². The van der Waals surface area contributed by atoms with E-state index in [2.05, 4.69) is 42.6 Å². The minimum absolute atomic E-state index is 0.443. The van der Waals surface area contributed by atoms with Crippen molar-refractivity contribution < 1.29 is 0 Å². The van der Waals surface area contributed by atoms with Crippen LogP contribution in [0.2, 0.25) is 0 Å². The topological polar surface area (TPSA) is 12.0 Å². The van der Waals surface area contributed by atoms with Crippen molar-refractivity contribution in [2.45, 2.75) is 63.3 Å². The fraction of sp³-hybridized carbons (Fsp3) is 0.667. The summed E-state index contributed by atoms with van der Waals surface area (Å²) in [6.45, 7) is 3.45. The van der Waals surface area contributed by atoms with Crippen molar-refractivity contribution in [3.63, 3.8) is 0 Å². The third-order valence-corrected chi connectivity index (χ3v) is 5.17. The summed E-state index contributed by atoms with van der Waals surface area (Å²) >= 11 is 0. The van der Waals surface area contributed by atoms with Crippen LogP contribution in [0.3, 0.4) is 0 Å². The Bertz CT molecular complexity index is 389. The highest BCUT2D eigenvalue weighted by Crippen LogP contribution is 2.49. The summed E-state index contributed by atoms with van der Waals surface area (Å²) in [5.74, 6) is 1.01. The van der Waals surface area contributed by atoms with Crippen LogP contribution in [-0.2, 0) is 5.41 Å². The predicted molar refractivity (Wildman–Crippen MR) is 81.4 cm³/mol. The van der Waals surface area contributed by atoms with E-state index in [1.807, 2.05) is 0 Å². The smallest absolute Gasteiger partial charge is 0.0167 e. The quantitative estimate of drug-likeness (QED) is 0.769. The molecule has 1 heteroatoms. The second-order valence-electron chi connectivity index (χ2n) is 6.56. The molecule has 0 saturated heterocycles. The first-order chi connectivity index (χ1) is 9.35. The molecule has 0 bridgehead atoms. The number of benzene rings is 1. The van der Waals surface area contributed by atoms with Crippen molar-refractivity contribution in [2.24, 2.45) is 5.92 Å². The molecule has 0 heterocycles. The molecule has 1 N–H and O–H groups in total. The van der Waals surface area contributed by atoms with Gasteiger partial charge in [-0.15, -0.1) is 0 Å². The minimum Gasteiger partial charge on any atom is -0.313 e. The van der Waals surface area contributed by atoms with Crippen molar-refractivity contribution in [1.29, 1.82) is 0 Å². The maximum atomic E-state index is 3.88. The number of nitrogens with one attached hydrogen (secondary N) is 1. The first-order valence-electron chi connectivity index (χ1n) is 8.14. The molecular formula is C18H27N. The molecule has 0 aliphatic heterocycles. The van der Waals surface area contributed by atoms with E-state index in [-0.39, 0.29) is 0 Å². The monoisotopic (exact) mass is 257 g/mol. The van der Waals surface area contributed by atoms with Gasteiger partial charge in [0, 0.05) is 11.5 Å². The van der Waals surface area contributed by atoms with Gasteiger partial charge in [-0.3, -0.25) is 0 Å². The van der Waals surface area contributed by atoms with Crippen molar-refractivity contribution >= 4 is 0 Å². The predicted octanol–water partition coefficient (Wildman–Crippen LogP) is 4.28. The van der Waals surface area contributed by atoms with Gasteiger partial charge in [-0.2, -0.15) is 0 Å². The van der Waals surface area contributed by atoms with E-state index in [4.69, 9.17) is 0 Å². The molecule has 0 spiro atoms. The lowest BCUT2D eigenvalue weighted by Gasteiger charge is -2.49. The van der Waals surface area contributed by atoms with Gasteiger partial charge in [0.25, 0.3) is 0 Å². The molecule has 104 valence electrons. The highest BCUT2D eigenvalue weighted by Gasteiger charge is 2.46. The Hall–Kier alpha value is -0.820. The summed E-state index contributed by atoms with van der Waals surface area (Å²) in [6.07, 6.45) is 9.74. The molecule has 1 aromatic carbocycles. The van der Waals surface area contributed by atoms with Crippen molar-refractivity contribution in [1.82, 2.24) is 5.32 Å². The van der Waals surface area contributed by atoms with Crippen LogP contribution in [0.4, 0.5) is 0 Å². The van der Waals surface area contributed by atoms with E-state index in [0.717, 1.165) is 5.92 Å². The van der Waals surface area contributed by atoms with Crippen LogP contribution in [0.15, 0.2) is 30.3 Å². The summed E-state index contributed by atoms with van der Waals surface area (Å²) in [6, 6.07) is 12.0. The Balaban J connectivity index is 1.80. The first-order valence-corrected chi connectivity index (χ1v) is 8.14. The summed E-state index contributed by atoms with van der Waals surface area (Å²) < 4.78 is 0. The average molecular weight is 257 g/mol. The van der Waals surface area contributed by atoms with E-state index >= 15 is 0 Å². The summed E-state index contributed by atoms with van der Waals surface area (Å²) in [7, 11) is 0. The van der Waals surface area contributed by atoms with Gasteiger partial charge in [-0.05, 0) is 43.7 Å². The molecule has 2 aliphatic carbocycles. The van der Waals surface area contributed by atoms with E-state index in [0.29, 0.717) is 11.5 Å². The number of rotatable bonds is 7.